The normalized spacial score (nSPS) is 11.2. The summed E-state index contributed by atoms with van der Waals surface area (Å²) in [6.45, 7) is 0. The van der Waals surface area contributed by atoms with Crippen molar-refractivity contribution in [1.82, 2.24) is 0 Å². The van der Waals surface area contributed by atoms with E-state index in [2.05, 4.69) is 20.9 Å². The molecular weight excluding hydrogens is 392 g/mol. The van der Waals surface area contributed by atoms with Gasteiger partial charge in [-0.05, 0) is 29.8 Å². The Bertz CT molecular complexity index is 738. The van der Waals surface area contributed by atoms with Gasteiger partial charge in [-0.2, -0.15) is 0 Å². The van der Waals surface area contributed by atoms with E-state index in [9.17, 15) is 0 Å². The third-order valence-corrected chi connectivity index (χ3v) is 4.82. The monoisotopic (exact) mass is 410 g/mol. The molecule has 0 amide bonds. The molecule has 0 unspecified atom stereocenters. The van der Waals surface area contributed by atoms with Gasteiger partial charge in [0.2, 0.25) is 0 Å². The van der Waals surface area contributed by atoms with Gasteiger partial charge >= 0.3 is 0 Å². The first kappa shape index (κ1) is 18.5. The van der Waals surface area contributed by atoms with Crippen molar-refractivity contribution in [1.29, 1.82) is 0 Å². The van der Waals surface area contributed by atoms with Crippen LogP contribution in [0.4, 0.5) is 5.69 Å². The van der Waals surface area contributed by atoms with Crippen molar-refractivity contribution in [2.75, 3.05) is 21.3 Å². The molecule has 5 nitrogen and oxygen atoms in total. The van der Waals surface area contributed by atoms with Crippen LogP contribution < -0.4 is 19.9 Å². The van der Waals surface area contributed by atoms with Gasteiger partial charge in [-0.15, -0.1) is 0 Å². The van der Waals surface area contributed by atoms with Crippen molar-refractivity contribution in [2.45, 2.75) is 5.75 Å². The number of ether oxygens (including phenoxy) is 3. The number of nitrogens with zero attached hydrogens (tertiary/aromatic N) is 1. The number of para-hydroxylation sites is 2. The van der Waals surface area contributed by atoms with E-state index in [1.165, 1.54) is 11.8 Å². The average Bonchev–Trinajstić information content (AvgIpc) is 2.60. The molecule has 0 atom stereocenters. The maximum atomic E-state index is 6.04. The second-order valence-electron chi connectivity index (χ2n) is 4.71. The van der Waals surface area contributed by atoms with Gasteiger partial charge in [0.1, 0.15) is 11.4 Å². The van der Waals surface area contributed by atoms with Crippen LogP contribution in [0.2, 0.25) is 0 Å². The third-order valence-electron chi connectivity index (χ3n) is 3.24. The number of aliphatic imine (C=N–C) groups is 1. The molecule has 0 saturated carbocycles. The van der Waals surface area contributed by atoms with Gasteiger partial charge in [0.25, 0.3) is 0 Å². The molecule has 2 N–H and O–H groups in total. The highest BCUT2D eigenvalue weighted by Crippen LogP contribution is 2.35. The highest BCUT2D eigenvalue weighted by molar-refractivity contribution is 9.10. The Balaban J connectivity index is 2.14. The van der Waals surface area contributed by atoms with E-state index in [1.54, 1.807) is 21.3 Å². The fourth-order valence-electron chi connectivity index (χ4n) is 2.03. The highest BCUT2D eigenvalue weighted by atomic mass is 79.9. The first-order chi connectivity index (χ1) is 11.6. The van der Waals surface area contributed by atoms with Crippen LogP contribution in [-0.2, 0) is 5.75 Å². The molecule has 0 saturated heterocycles. The summed E-state index contributed by atoms with van der Waals surface area (Å²) in [6, 6.07) is 11.3. The van der Waals surface area contributed by atoms with E-state index in [1.807, 2.05) is 36.4 Å². The van der Waals surface area contributed by atoms with Gasteiger partial charge in [0.15, 0.2) is 16.7 Å². The lowest BCUT2D eigenvalue weighted by molar-refractivity contribution is 0.354. The molecule has 0 aliphatic rings. The molecule has 0 aliphatic carbocycles. The molecule has 2 rings (SSSR count). The molecule has 128 valence electrons. The lowest BCUT2D eigenvalue weighted by atomic mass is 10.2. The number of methoxy groups -OCH3 is 3. The van der Waals surface area contributed by atoms with E-state index in [0.29, 0.717) is 33.9 Å². The van der Waals surface area contributed by atoms with Gasteiger partial charge in [-0.1, -0.05) is 39.8 Å². The molecule has 0 aromatic heterocycles. The average molecular weight is 411 g/mol. The molecule has 0 radical (unpaired) electrons. The Hall–Kier alpha value is -1.86. The van der Waals surface area contributed by atoms with Crippen molar-refractivity contribution in [3.8, 4) is 17.2 Å². The predicted octanol–water partition coefficient (Wildman–Crippen LogP) is 4.35. The Kier molecular flexibility index (Phi) is 6.81. The second-order valence-corrected chi connectivity index (χ2v) is 6.56. The van der Waals surface area contributed by atoms with Crippen LogP contribution in [0.25, 0.3) is 0 Å². The number of hydrogen-bond acceptors (Lipinski definition) is 5. The van der Waals surface area contributed by atoms with Gasteiger partial charge < -0.3 is 19.9 Å². The predicted molar refractivity (Wildman–Crippen MR) is 103 cm³/mol. The van der Waals surface area contributed by atoms with Crippen LogP contribution in [0.1, 0.15) is 5.56 Å². The summed E-state index contributed by atoms with van der Waals surface area (Å²) in [5.74, 6) is 2.68. The highest BCUT2D eigenvalue weighted by Gasteiger charge is 2.10. The number of benzene rings is 2. The zero-order valence-corrected chi connectivity index (χ0v) is 16.1. The number of thioether (sulfide) groups is 1. The smallest absolute Gasteiger partial charge is 0.161 e. The van der Waals surface area contributed by atoms with Gasteiger partial charge in [-0.25, -0.2) is 4.99 Å². The van der Waals surface area contributed by atoms with E-state index < -0.39 is 0 Å². The van der Waals surface area contributed by atoms with Crippen LogP contribution in [0.5, 0.6) is 17.2 Å². The zero-order chi connectivity index (χ0) is 17.5. The Morgan fingerprint density at radius 1 is 1.04 bits per heavy atom. The van der Waals surface area contributed by atoms with Crippen LogP contribution in [0, 0.1) is 0 Å². The summed E-state index contributed by atoms with van der Waals surface area (Å²) in [5.41, 5.74) is 7.78. The fraction of sp³-hybridized carbons (Fsp3) is 0.235. The van der Waals surface area contributed by atoms with E-state index >= 15 is 0 Å². The Labute approximate surface area is 154 Å². The maximum Gasteiger partial charge on any atom is 0.161 e. The van der Waals surface area contributed by atoms with Gasteiger partial charge in [0, 0.05) is 10.2 Å². The van der Waals surface area contributed by atoms with Crippen molar-refractivity contribution in [2.24, 2.45) is 10.7 Å². The van der Waals surface area contributed by atoms with E-state index in [4.69, 9.17) is 19.9 Å². The van der Waals surface area contributed by atoms with E-state index in [0.717, 1.165) is 10.0 Å². The molecule has 24 heavy (non-hydrogen) atoms. The molecule has 0 aliphatic heterocycles. The number of nitrogens with two attached hydrogens (primary N) is 1. The number of halogens is 1. The lowest BCUT2D eigenvalue weighted by Crippen LogP contribution is -2.06. The topological polar surface area (TPSA) is 66.1 Å². The molecule has 2 aromatic rings. The van der Waals surface area contributed by atoms with Crippen molar-refractivity contribution < 1.29 is 14.2 Å². The van der Waals surface area contributed by atoms with Crippen LogP contribution >= 0.6 is 27.7 Å². The molecule has 0 fully saturated rings. The van der Waals surface area contributed by atoms with Gasteiger partial charge in [-0.3, -0.25) is 0 Å². The number of hydrogen-bond donors (Lipinski definition) is 1. The summed E-state index contributed by atoms with van der Waals surface area (Å²) < 4.78 is 16.8. The standard InChI is InChI=1S/C17H19BrN2O3S/c1-21-14-7-5-4-6-13(14)20-17(19)24-10-11-8-15(22-2)16(23-3)9-12(11)18/h4-9H,10H2,1-3H3,(H2,19,20). The van der Waals surface area contributed by atoms with Crippen LogP contribution in [0.15, 0.2) is 45.9 Å². The maximum absolute atomic E-state index is 6.04. The first-order valence-electron chi connectivity index (χ1n) is 7.09. The summed E-state index contributed by atoms with van der Waals surface area (Å²) in [7, 11) is 4.83. The van der Waals surface area contributed by atoms with Crippen molar-refractivity contribution >= 4 is 38.5 Å². The summed E-state index contributed by atoms with van der Waals surface area (Å²) >= 11 is 4.98. The molecule has 2 aromatic carbocycles. The number of amidine groups is 1. The zero-order valence-electron chi connectivity index (χ0n) is 13.7. The Morgan fingerprint density at radius 3 is 2.33 bits per heavy atom. The quantitative estimate of drug-likeness (QED) is 0.566. The SMILES string of the molecule is COc1ccccc1N=C(N)SCc1cc(OC)c(OC)cc1Br. The van der Waals surface area contributed by atoms with Crippen LogP contribution in [-0.4, -0.2) is 26.5 Å². The number of rotatable bonds is 6. The third kappa shape index (κ3) is 4.58. The largest absolute Gasteiger partial charge is 0.494 e. The summed E-state index contributed by atoms with van der Waals surface area (Å²) in [4.78, 5) is 4.41. The minimum Gasteiger partial charge on any atom is -0.494 e. The summed E-state index contributed by atoms with van der Waals surface area (Å²) in [6.07, 6.45) is 0. The molecule has 7 heteroatoms. The summed E-state index contributed by atoms with van der Waals surface area (Å²) in [5, 5.41) is 0.459. The minimum atomic E-state index is 0.459. The van der Waals surface area contributed by atoms with Crippen molar-refractivity contribution in [3.05, 3.63) is 46.4 Å². The molecular formula is C17H19BrN2O3S. The molecule has 0 bridgehead atoms. The molecule has 0 spiro atoms. The van der Waals surface area contributed by atoms with Gasteiger partial charge in [0.05, 0.1) is 21.3 Å². The fourth-order valence-corrected chi connectivity index (χ4v) is 3.38. The van der Waals surface area contributed by atoms with E-state index in [-0.39, 0.29) is 0 Å². The lowest BCUT2D eigenvalue weighted by Gasteiger charge is -2.11. The minimum absolute atomic E-state index is 0.459. The first-order valence-corrected chi connectivity index (χ1v) is 8.87. The Morgan fingerprint density at radius 2 is 1.67 bits per heavy atom. The second kappa shape index (κ2) is 8.84. The molecule has 0 heterocycles. The van der Waals surface area contributed by atoms with Crippen LogP contribution in [0.3, 0.4) is 0 Å². The van der Waals surface area contributed by atoms with Crippen molar-refractivity contribution in [3.63, 3.8) is 0 Å².